The molecule has 4 nitrogen and oxygen atoms in total. The topological polar surface area (TPSA) is 58.9 Å². The largest absolute Gasteiger partial charge is 0.237 e. The van der Waals surface area contributed by atoms with E-state index in [1.807, 2.05) is 0 Å². The molecule has 0 aromatic rings. The van der Waals surface area contributed by atoms with Gasteiger partial charge < -0.3 is 0 Å². The van der Waals surface area contributed by atoms with Crippen LogP contribution in [0.25, 0.3) is 0 Å². The summed E-state index contributed by atoms with van der Waals surface area (Å²) in [5.41, 5.74) is 0. The number of unbranched alkanes of at least 4 members (excludes halogenated alkanes) is 2. The van der Waals surface area contributed by atoms with Crippen LogP contribution in [-0.4, -0.2) is 22.9 Å². The average Bonchev–Trinajstić information content (AvgIpc) is 2.11. The molecule has 0 aliphatic heterocycles. The summed E-state index contributed by atoms with van der Waals surface area (Å²) in [4.78, 5) is 26.5. The first-order valence-electron chi connectivity index (χ1n) is 4.20. The monoisotopic (exact) mass is 232 g/mol. The molecule has 78 valence electrons. The molecule has 0 heterocycles. The second kappa shape index (κ2) is 7.83. The van der Waals surface area contributed by atoms with E-state index in [0.717, 1.165) is 19.3 Å². The van der Waals surface area contributed by atoms with Crippen LogP contribution in [0, 0.1) is 0 Å². The summed E-state index contributed by atoms with van der Waals surface area (Å²) in [5, 5.41) is 0. The van der Waals surface area contributed by atoms with Crippen molar-refractivity contribution in [1.82, 2.24) is 0 Å². The van der Waals surface area contributed by atoms with E-state index in [-0.39, 0.29) is 0 Å². The predicted molar refractivity (Wildman–Crippen MR) is 60.3 cm³/mol. The zero-order chi connectivity index (χ0) is 10.9. The highest BCUT2D eigenvalue weighted by Crippen LogP contribution is 2.27. The Labute approximate surface area is 93.7 Å². The van der Waals surface area contributed by atoms with Crippen LogP contribution in [-0.2, 0) is 9.59 Å². The first-order chi connectivity index (χ1) is 6.62. The molecule has 0 saturated heterocycles. The lowest BCUT2D eigenvalue weighted by molar-refractivity contribution is 0.554. The van der Waals surface area contributed by atoms with Crippen molar-refractivity contribution in [3.05, 3.63) is 0 Å². The SMILES string of the molecule is O=C=NCCCCCC(S)(S)N=C=O. The van der Waals surface area contributed by atoms with Gasteiger partial charge in [-0.2, -0.15) is 4.99 Å². The molecule has 0 aliphatic carbocycles. The van der Waals surface area contributed by atoms with E-state index in [1.54, 1.807) is 0 Å². The maximum absolute atomic E-state index is 9.95. The molecular formula is C8H12N2O2S2. The highest BCUT2D eigenvalue weighted by atomic mass is 32.2. The fraction of sp³-hybridized carbons (Fsp3) is 0.750. The molecule has 0 spiro atoms. The third kappa shape index (κ3) is 8.08. The van der Waals surface area contributed by atoms with Crippen molar-refractivity contribution >= 4 is 37.4 Å². The van der Waals surface area contributed by atoms with Crippen LogP contribution in [0.1, 0.15) is 25.7 Å². The van der Waals surface area contributed by atoms with Crippen LogP contribution >= 0.6 is 25.3 Å². The summed E-state index contributed by atoms with van der Waals surface area (Å²) in [5.74, 6) is 0. The van der Waals surface area contributed by atoms with E-state index >= 15 is 0 Å². The minimum absolute atomic E-state index is 0.493. The Kier molecular flexibility index (Phi) is 7.52. The number of nitrogens with zero attached hydrogens (tertiary/aromatic N) is 2. The van der Waals surface area contributed by atoms with Crippen molar-refractivity contribution in [2.45, 2.75) is 29.9 Å². The van der Waals surface area contributed by atoms with Gasteiger partial charge in [-0.3, -0.25) is 0 Å². The Morgan fingerprint density at radius 1 is 1.07 bits per heavy atom. The van der Waals surface area contributed by atoms with Gasteiger partial charge in [0.15, 0.2) is 4.20 Å². The van der Waals surface area contributed by atoms with Gasteiger partial charge in [-0.25, -0.2) is 14.6 Å². The fourth-order valence-electron chi connectivity index (χ4n) is 0.904. The summed E-state index contributed by atoms with van der Waals surface area (Å²) < 4.78 is -0.921. The summed E-state index contributed by atoms with van der Waals surface area (Å²) in [7, 11) is 0. The molecule has 0 unspecified atom stereocenters. The van der Waals surface area contributed by atoms with Crippen molar-refractivity contribution in [2.75, 3.05) is 6.54 Å². The van der Waals surface area contributed by atoms with Gasteiger partial charge in [0, 0.05) is 0 Å². The standard InChI is InChI=1S/C8H12N2O2S2/c11-6-9-5-3-1-2-4-8(13,14)10-7-12/h13-14H,1-5H2. The second-order valence-corrected chi connectivity index (χ2v) is 4.59. The maximum atomic E-state index is 9.95. The molecule has 0 bridgehead atoms. The normalized spacial score (nSPS) is 10.1. The molecule has 0 aromatic carbocycles. The van der Waals surface area contributed by atoms with E-state index in [4.69, 9.17) is 0 Å². The van der Waals surface area contributed by atoms with Crippen LogP contribution in [0.2, 0.25) is 0 Å². The molecule has 0 N–H and O–H groups in total. The van der Waals surface area contributed by atoms with Gasteiger partial charge in [-0.15, -0.1) is 25.3 Å². The van der Waals surface area contributed by atoms with E-state index in [1.165, 1.54) is 12.2 Å². The van der Waals surface area contributed by atoms with Gasteiger partial charge in [0.2, 0.25) is 12.2 Å². The Balaban J connectivity index is 3.53. The minimum atomic E-state index is -0.921. The van der Waals surface area contributed by atoms with E-state index in [0.29, 0.717) is 13.0 Å². The first kappa shape index (κ1) is 13.5. The van der Waals surface area contributed by atoms with Crippen molar-refractivity contribution in [2.24, 2.45) is 9.98 Å². The number of hydrogen-bond acceptors (Lipinski definition) is 6. The Morgan fingerprint density at radius 3 is 2.36 bits per heavy atom. The van der Waals surface area contributed by atoms with E-state index in [2.05, 4.69) is 35.2 Å². The number of hydrogen-bond donors (Lipinski definition) is 2. The quantitative estimate of drug-likeness (QED) is 0.231. The molecule has 0 aliphatic rings. The number of rotatable bonds is 7. The van der Waals surface area contributed by atoms with E-state index < -0.39 is 4.20 Å². The Hall–Kier alpha value is -0.540. The van der Waals surface area contributed by atoms with Crippen LogP contribution in [0.4, 0.5) is 0 Å². The van der Waals surface area contributed by atoms with Crippen LogP contribution in [0.3, 0.4) is 0 Å². The molecule has 0 saturated carbocycles. The molecule has 0 amide bonds. The fourth-order valence-corrected chi connectivity index (χ4v) is 1.30. The van der Waals surface area contributed by atoms with Gasteiger partial charge in [-0.05, 0) is 19.3 Å². The maximum Gasteiger partial charge on any atom is 0.237 e. The van der Waals surface area contributed by atoms with Crippen molar-refractivity contribution < 1.29 is 9.59 Å². The van der Waals surface area contributed by atoms with E-state index in [9.17, 15) is 9.59 Å². The lowest BCUT2D eigenvalue weighted by Crippen LogP contribution is -2.08. The number of thiol groups is 2. The van der Waals surface area contributed by atoms with Crippen molar-refractivity contribution in [3.8, 4) is 0 Å². The molecule has 0 atom stereocenters. The van der Waals surface area contributed by atoms with Gasteiger partial charge in [0.05, 0.1) is 6.54 Å². The van der Waals surface area contributed by atoms with Gasteiger partial charge >= 0.3 is 0 Å². The molecule has 0 fully saturated rings. The van der Waals surface area contributed by atoms with Crippen LogP contribution < -0.4 is 0 Å². The molecular weight excluding hydrogens is 220 g/mol. The van der Waals surface area contributed by atoms with Crippen LogP contribution in [0.15, 0.2) is 9.98 Å². The van der Waals surface area contributed by atoms with Crippen LogP contribution in [0.5, 0.6) is 0 Å². The molecule has 0 aromatic heterocycles. The zero-order valence-electron chi connectivity index (χ0n) is 7.64. The first-order valence-corrected chi connectivity index (χ1v) is 5.09. The predicted octanol–water partition coefficient (Wildman–Crippen LogP) is 1.73. The second-order valence-electron chi connectivity index (χ2n) is 2.76. The smallest absolute Gasteiger partial charge is 0.211 e. The lowest BCUT2D eigenvalue weighted by Gasteiger charge is -2.13. The number of carbonyl (C=O) groups excluding carboxylic acids is 2. The molecule has 0 rings (SSSR count). The highest BCUT2D eigenvalue weighted by Gasteiger charge is 2.17. The van der Waals surface area contributed by atoms with Crippen molar-refractivity contribution in [3.63, 3.8) is 0 Å². The molecule has 14 heavy (non-hydrogen) atoms. The Morgan fingerprint density at radius 2 is 1.79 bits per heavy atom. The zero-order valence-corrected chi connectivity index (χ0v) is 9.43. The third-order valence-electron chi connectivity index (χ3n) is 1.57. The number of isocyanates is 2. The van der Waals surface area contributed by atoms with Crippen molar-refractivity contribution in [1.29, 1.82) is 0 Å². The Bertz CT molecular complexity index is 256. The molecule has 0 radical (unpaired) electrons. The summed E-state index contributed by atoms with van der Waals surface area (Å²) >= 11 is 8.12. The average molecular weight is 232 g/mol. The van der Waals surface area contributed by atoms with Gasteiger partial charge in [-0.1, -0.05) is 6.42 Å². The summed E-state index contributed by atoms with van der Waals surface area (Å²) in [6, 6.07) is 0. The molecule has 6 heteroatoms. The van der Waals surface area contributed by atoms with Gasteiger partial charge in [0.25, 0.3) is 0 Å². The summed E-state index contributed by atoms with van der Waals surface area (Å²) in [6.07, 6.45) is 6.01. The highest BCUT2D eigenvalue weighted by molar-refractivity contribution is 8.00. The lowest BCUT2D eigenvalue weighted by atomic mass is 10.2. The van der Waals surface area contributed by atoms with Gasteiger partial charge in [0.1, 0.15) is 0 Å². The number of aliphatic imine (C=N–C) groups is 2. The third-order valence-corrected chi connectivity index (χ3v) is 2.22. The summed E-state index contributed by atoms with van der Waals surface area (Å²) in [6.45, 7) is 0.493. The minimum Gasteiger partial charge on any atom is -0.211 e.